The van der Waals surface area contributed by atoms with Crippen molar-refractivity contribution in [2.24, 2.45) is 0 Å². The lowest BCUT2D eigenvalue weighted by atomic mass is 10.0. The van der Waals surface area contributed by atoms with Crippen LogP contribution in [0.5, 0.6) is 0 Å². The van der Waals surface area contributed by atoms with Gasteiger partial charge < -0.3 is 4.42 Å². The Labute approximate surface area is 144 Å². The molecule has 0 atom stereocenters. The summed E-state index contributed by atoms with van der Waals surface area (Å²) >= 11 is 0. The Morgan fingerprint density at radius 2 is 1.29 bits per heavy atom. The van der Waals surface area contributed by atoms with Crippen LogP contribution in [0.15, 0.2) is 4.42 Å². The molecule has 0 bridgehead atoms. The molecule has 0 amide bonds. The van der Waals surface area contributed by atoms with Crippen molar-refractivity contribution in [1.82, 2.24) is 10.2 Å². The number of alkyl halides is 10. The molecule has 0 spiro atoms. The van der Waals surface area contributed by atoms with Crippen molar-refractivity contribution >= 4 is 0 Å². The molecule has 0 saturated carbocycles. The van der Waals surface area contributed by atoms with Gasteiger partial charge >= 0.3 is 29.9 Å². The molecule has 0 aliphatic heterocycles. The molecule has 0 radical (unpaired) electrons. The first-order chi connectivity index (χ1) is 12.3. The summed E-state index contributed by atoms with van der Waals surface area (Å²) in [5.41, 5.74) is 0. The third-order valence-corrected chi connectivity index (χ3v) is 3.10. The first-order valence-electron chi connectivity index (χ1n) is 6.33. The molecule has 9 nitrogen and oxygen atoms in total. The largest absolute Gasteiger partial charge is 0.614 e. The maximum Gasteiger partial charge on any atom is 0.614 e. The fourth-order valence-corrected chi connectivity index (χ4v) is 1.51. The second-order valence-corrected chi connectivity index (χ2v) is 4.96. The molecular weight excluding hydrogens is 434 g/mol. The highest BCUT2D eigenvalue weighted by molar-refractivity contribution is 5.07. The Balaban J connectivity index is 3.17. The third kappa shape index (κ3) is 3.51. The Morgan fingerprint density at radius 3 is 1.68 bits per heavy atom. The normalized spacial score (nSPS) is 14.2. The van der Waals surface area contributed by atoms with Crippen molar-refractivity contribution in [3.05, 3.63) is 32.0 Å². The second-order valence-electron chi connectivity index (χ2n) is 4.96. The highest BCUT2D eigenvalue weighted by Crippen LogP contribution is 2.56. The maximum absolute atomic E-state index is 13.5. The average molecular weight is 438 g/mol. The predicted molar refractivity (Wildman–Crippen MR) is 60.3 cm³/mol. The van der Waals surface area contributed by atoms with E-state index in [1.807, 2.05) is 0 Å². The second kappa shape index (κ2) is 6.69. The standard InChI is InChI=1S/C9H4F10N4O5/c10-5(22(24)25,23(26)27)2-1-3-20-21-4(28-3)6(11,12)7(13,14)8(15,16)9(17,18)19/h1-2H2. The monoisotopic (exact) mass is 438 g/mol. The van der Waals surface area contributed by atoms with Crippen molar-refractivity contribution < 1.29 is 58.2 Å². The molecule has 19 heteroatoms. The van der Waals surface area contributed by atoms with Gasteiger partial charge in [0.15, 0.2) is 0 Å². The van der Waals surface area contributed by atoms with Crippen LogP contribution in [0.4, 0.5) is 43.9 Å². The van der Waals surface area contributed by atoms with Crippen molar-refractivity contribution in [2.45, 2.75) is 42.7 Å². The summed E-state index contributed by atoms with van der Waals surface area (Å²) in [5.74, 6) is -29.3. The molecule has 0 N–H and O–H groups in total. The van der Waals surface area contributed by atoms with Crippen molar-refractivity contribution in [2.75, 3.05) is 0 Å². The summed E-state index contributed by atoms with van der Waals surface area (Å²) < 4.78 is 132. The first kappa shape index (κ1) is 23.3. The van der Waals surface area contributed by atoms with Gasteiger partial charge in [-0.1, -0.05) is 4.39 Å². The van der Waals surface area contributed by atoms with E-state index in [0.717, 1.165) is 0 Å². The van der Waals surface area contributed by atoms with Crippen LogP contribution in [0.25, 0.3) is 0 Å². The minimum atomic E-state index is -7.25. The number of hydrogen-bond acceptors (Lipinski definition) is 7. The molecule has 1 heterocycles. The zero-order chi connectivity index (χ0) is 22.3. The smallest absolute Gasteiger partial charge is 0.419 e. The van der Waals surface area contributed by atoms with Crippen LogP contribution in [-0.4, -0.2) is 44.0 Å². The number of aryl methyl sites for hydroxylation is 1. The SMILES string of the molecule is O=[N+]([O-])C(F)(CCc1nnc(C(F)(F)C(F)(F)C(F)(F)C(F)(F)F)o1)[N+](=O)[O-]. The number of aromatic nitrogens is 2. The van der Waals surface area contributed by atoms with Gasteiger partial charge in [-0.2, -0.15) is 39.5 Å². The summed E-state index contributed by atoms with van der Waals surface area (Å²) in [6, 6.07) is 0. The van der Waals surface area contributed by atoms with Gasteiger partial charge in [0.2, 0.25) is 5.89 Å². The lowest BCUT2D eigenvalue weighted by Crippen LogP contribution is -2.59. The molecule has 1 rings (SSSR count). The Morgan fingerprint density at radius 1 is 0.821 bits per heavy atom. The van der Waals surface area contributed by atoms with Gasteiger partial charge in [0, 0.05) is 6.42 Å². The van der Waals surface area contributed by atoms with Crippen LogP contribution in [0.2, 0.25) is 0 Å². The molecule has 160 valence electrons. The van der Waals surface area contributed by atoms with Gasteiger partial charge in [-0.25, -0.2) is 0 Å². The molecule has 0 fully saturated rings. The summed E-state index contributed by atoms with van der Waals surface area (Å²) in [6.45, 7) is 0. The van der Waals surface area contributed by atoms with Crippen LogP contribution in [0.3, 0.4) is 0 Å². The minimum absolute atomic E-state index is 1.40. The lowest BCUT2D eigenvalue weighted by Gasteiger charge is -2.31. The Hall–Kier alpha value is -2.76. The van der Waals surface area contributed by atoms with Crippen LogP contribution in [0.1, 0.15) is 18.2 Å². The molecule has 0 aliphatic rings. The zero-order valence-electron chi connectivity index (χ0n) is 12.5. The van der Waals surface area contributed by atoms with Gasteiger partial charge in [-0.3, -0.25) is 20.2 Å². The van der Waals surface area contributed by atoms with Gasteiger partial charge in [0.1, 0.15) is 16.3 Å². The Bertz CT molecular complexity index is 749. The zero-order valence-corrected chi connectivity index (χ0v) is 12.5. The molecule has 1 aromatic rings. The number of halogens is 10. The van der Waals surface area contributed by atoms with Crippen molar-refractivity contribution in [3.63, 3.8) is 0 Å². The predicted octanol–water partition coefficient (Wildman–Crippen LogP) is 3.10. The van der Waals surface area contributed by atoms with Gasteiger partial charge in [-0.15, -0.1) is 10.2 Å². The minimum Gasteiger partial charge on any atom is -0.419 e. The summed E-state index contributed by atoms with van der Waals surface area (Å²) in [7, 11) is 0. The molecule has 0 aliphatic carbocycles. The average Bonchev–Trinajstić information content (AvgIpc) is 3.00. The summed E-state index contributed by atoms with van der Waals surface area (Å²) in [5, 5.41) is 25.2. The molecule has 0 unspecified atom stereocenters. The van der Waals surface area contributed by atoms with Crippen molar-refractivity contribution in [1.29, 1.82) is 0 Å². The number of nitro groups is 2. The van der Waals surface area contributed by atoms with Crippen LogP contribution in [0, 0.1) is 20.2 Å². The maximum atomic E-state index is 13.5. The van der Waals surface area contributed by atoms with E-state index in [1.54, 1.807) is 0 Å². The summed E-state index contributed by atoms with van der Waals surface area (Å²) in [6.07, 6.45) is -10.3. The topological polar surface area (TPSA) is 125 Å². The van der Waals surface area contributed by atoms with E-state index in [4.69, 9.17) is 0 Å². The van der Waals surface area contributed by atoms with E-state index in [1.165, 1.54) is 0 Å². The summed E-state index contributed by atoms with van der Waals surface area (Å²) in [4.78, 5) is 16.5. The molecule has 0 aromatic carbocycles. The molecular formula is C9H4F10N4O5. The van der Waals surface area contributed by atoms with E-state index < -0.39 is 64.3 Å². The van der Waals surface area contributed by atoms with Gasteiger partial charge in [0.05, 0.1) is 0 Å². The van der Waals surface area contributed by atoms with Crippen molar-refractivity contribution in [3.8, 4) is 0 Å². The number of rotatable bonds is 8. The van der Waals surface area contributed by atoms with E-state index in [-0.39, 0.29) is 0 Å². The highest BCUT2D eigenvalue weighted by atomic mass is 19.4. The van der Waals surface area contributed by atoms with Crippen LogP contribution in [-0.2, 0) is 12.3 Å². The van der Waals surface area contributed by atoms with E-state index in [0.29, 0.717) is 0 Å². The third-order valence-electron chi connectivity index (χ3n) is 3.10. The lowest BCUT2D eigenvalue weighted by molar-refractivity contribution is -0.832. The number of nitrogens with zero attached hydrogens (tertiary/aromatic N) is 4. The first-order valence-corrected chi connectivity index (χ1v) is 6.33. The molecule has 28 heavy (non-hydrogen) atoms. The van der Waals surface area contributed by atoms with E-state index >= 15 is 0 Å². The molecule has 1 aromatic heterocycles. The van der Waals surface area contributed by atoms with Gasteiger partial charge in [-0.05, 0) is 0 Å². The fraction of sp³-hybridized carbons (Fsp3) is 0.778. The highest BCUT2D eigenvalue weighted by Gasteiger charge is 2.83. The molecule has 0 saturated heterocycles. The van der Waals surface area contributed by atoms with Crippen LogP contribution < -0.4 is 0 Å². The van der Waals surface area contributed by atoms with E-state index in [9.17, 15) is 64.1 Å². The fourth-order valence-electron chi connectivity index (χ4n) is 1.51. The quantitative estimate of drug-likeness (QED) is 0.201. The van der Waals surface area contributed by atoms with E-state index in [2.05, 4.69) is 14.6 Å². The van der Waals surface area contributed by atoms with Gasteiger partial charge in [0.25, 0.3) is 5.89 Å². The Kier molecular flexibility index (Phi) is 5.56. The number of hydrogen-bond donors (Lipinski definition) is 0. The van der Waals surface area contributed by atoms with Crippen LogP contribution >= 0.6 is 0 Å².